The van der Waals surface area contributed by atoms with E-state index in [2.05, 4.69) is 5.32 Å². The van der Waals surface area contributed by atoms with Crippen molar-refractivity contribution in [2.45, 2.75) is 69.9 Å². The molecule has 3 aliphatic rings. The molecule has 3 fully saturated rings. The molecule has 2 heterocycles. The number of piperidine rings is 2. The van der Waals surface area contributed by atoms with Crippen molar-refractivity contribution < 1.29 is 49.9 Å². The van der Waals surface area contributed by atoms with E-state index >= 15 is 0 Å². The lowest BCUT2D eigenvalue weighted by atomic mass is 9.77. The van der Waals surface area contributed by atoms with Gasteiger partial charge in [-0.3, -0.25) is 24.5 Å². The van der Waals surface area contributed by atoms with Gasteiger partial charge < -0.3 is 9.80 Å². The van der Waals surface area contributed by atoms with Crippen molar-refractivity contribution in [3.05, 3.63) is 70.0 Å². The van der Waals surface area contributed by atoms with Crippen molar-refractivity contribution in [2.75, 3.05) is 13.1 Å². The Morgan fingerprint density at radius 1 is 0.911 bits per heavy atom. The number of carbonyl (C=O) groups is 4. The van der Waals surface area contributed by atoms with Crippen LogP contribution in [0.15, 0.2) is 36.4 Å². The van der Waals surface area contributed by atoms with Crippen molar-refractivity contribution in [1.82, 2.24) is 15.1 Å². The van der Waals surface area contributed by atoms with Crippen LogP contribution in [-0.2, 0) is 38.1 Å². The van der Waals surface area contributed by atoms with Gasteiger partial charge in [-0.05, 0) is 73.2 Å². The summed E-state index contributed by atoms with van der Waals surface area (Å²) in [4.78, 5) is 54.2. The Morgan fingerprint density at radius 3 is 2.04 bits per heavy atom. The molecule has 1 saturated carbocycles. The van der Waals surface area contributed by atoms with E-state index in [0.717, 1.165) is 0 Å². The Labute approximate surface area is 253 Å². The minimum atomic E-state index is -5.04. The second-order valence-corrected chi connectivity index (χ2v) is 12.0. The molecule has 4 amide bonds. The Hall–Kier alpha value is -3.97. The molecule has 1 aliphatic carbocycles. The third kappa shape index (κ3) is 7.30. The predicted molar refractivity (Wildman–Crippen MR) is 144 cm³/mol. The SMILES string of the molecule is Cc1cc(F)ccc1C1CN(C(=O)C2CC(=O)NC(=O)C2)CCC1C(=O)N(Cc1cc(C(F)(F)F)cc(C(F)(F)F)c1)C1CC1. The number of hydrogen-bond acceptors (Lipinski definition) is 4. The summed E-state index contributed by atoms with van der Waals surface area (Å²) in [7, 11) is 0. The Balaban J connectivity index is 1.45. The first-order chi connectivity index (χ1) is 21.0. The lowest BCUT2D eigenvalue weighted by Gasteiger charge is -2.42. The maximum atomic E-state index is 14.2. The van der Waals surface area contributed by atoms with Crippen LogP contribution in [0.3, 0.4) is 0 Å². The maximum absolute atomic E-state index is 14.2. The summed E-state index contributed by atoms with van der Waals surface area (Å²) in [5.41, 5.74) is -2.22. The highest BCUT2D eigenvalue weighted by Crippen LogP contribution is 2.41. The summed E-state index contributed by atoms with van der Waals surface area (Å²) < 4.78 is 95.2. The summed E-state index contributed by atoms with van der Waals surface area (Å²) in [6.45, 7) is 1.20. The number of nitrogens with one attached hydrogen (secondary N) is 1. The first-order valence-electron chi connectivity index (χ1n) is 14.5. The molecule has 0 bridgehead atoms. The minimum Gasteiger partial charge on any atom is -0.342 e. The van der Waals surface area contributed by atoms with Gasteiger partial charge in [0, 0.05) is 50.4 Å². The zero-order valence-corrected chi connectivity index (χ0v) is 24.1. The van der Waals surface area contributed by atoms with Gasteiger partial charge in [0.25, 0.3) is 0 Å². The average molecular weight is 642 g/mol. The van der Waals surface area contributed by atoms with E-state index < -0.39 is 77.2 Å². The van der Waals surface area contributed by atoms with Crippen molar-refractivity contribution in [3.8, 4) is 0 Å². The molecule has 2 aliphatic heterocycles. The Kier molecular flexibility index (Phi) is 8.71. The molecule has 14 heteroatoms. The van der Waals surface area contributed by atoms with E-state index in [1.807, 2.05) is 0 Å². The molecule has 1 N–H and O–H groups in total. The molecule has 7 nitrogen and oxygen atoms in total. The number of hydrogen-bond donors (Lipinski definition) is 1. The first-order valence-corrected chi connectivity index (χ1v) is 14.5. The average Bonchev–Trinajstić information content (AvgIpc) is 3.79. The van der Waals surface area contributed by atoms with Crippen LogP contribution in [0.2, 0.25) is 0 Å². The number of benzene rings is 2. The topological polar surface area (TPSA) is 86.8 Å². The van der Waals surface area contributed by atoms with E-state index in [4.69, 9.17) is 0 Å². The largest absolute Gasteiger partial charge is 0.416 e. The molecule has 2 atom stereocenters. The molecule has 0 radical (unpaired) electrons. The fraction of sp³-hybridized carbons (Fsp3) is 0.484. The molecule has 2 aromatic carbocycles. The van der Waals surface area contributed by atoms with E-state index in [-0.39, 0.29) is 50.0 Å². The maximum Gasteiger partial charge on any atom is 0.416 e. The highest BCUT2D eigenvalue weighted by molar-refractivity contribution is 6.02. The van der Waals surface area contributed by atoms with Gasteiger partial charge in [0.2, 0.25) is 23.6 Å². The number of nitrogens with zero attached hydrogens (tertiary/aromatic N) is 2. The number of halogens is 7. The summed E-state index contributed by atoms with van der Waals surface area (Å²) in [5.74, 6) is -5.04. The van der Waals surface area contributed by atoms with Crippen LogP contribution < -0.4 is 5.32 Å². The van der Waals surface area contributed by atoms with E-state index in [9.17, 15) is 49.9 Å². The zero-order chi connectivity index (χ0) is 32.8. The standard InChI is InChI=1S/C31H30F7N3O4/c1-16-8-21(32)2-5-23(16)25-15-40(28(44)18-11-26(42)39-27(43)12-18)7-6-24(25)29(45)41(22-3-4-22)14-17-9-19(30(33,34)35)13-20(10-17)31(36,37)38/h2,5,8-10,13,18,22,24-25H,3-4,6-7,11-12,14-15H2,1H3,(H,39,42,43). The van der Waals surface area contributed by atoms with Crippen LogP contribution in [0.1, 0.15) is 65.8 Å². The Morgan fingerprint density at radius 2 is 1.51 bits per heavy atom. The molecule has 0 spiro atoms. The van der Waals surface area contributed by atoms with Crippen LogP contribution >= 0.6 is 0 Å². The summed E-state index contributed by atoms with van der Waals surface area (Å²) in [6, 6.07) is 4.84. The smallest absolute Gasteiger partial charge is 0.342 e. The number of aryl methyl sites for hydroxylation is 1. The van der Waals surface area contributed by atoms with Crippen molar-refractivity contribution in [1.29, 1.82) is 0 Å². The molecule has 5 rings (SSSR count). The van der Waals surface area contributed by atoms with Crippen LogP contribution in [0.5, 0.6) is 0 Å². The second kappa shape index (κ2) is 12.1. The third-order valence-corrected chi connectivity index (χ3v) is 8.64. The number of alkyl halides is 6. The van der Waals surface area contributed by atoms with Gasteiger partial charge >= 0.3 is 12.4 Å². The van der Waals surface area contributed by atoms with Crippen LogP contribution in [-0.4, -0.2) is 52.6 Å². The second-order valence-electron chi connectivity index (χ2n) is 12.0. The van der Waals surface area contributed by atoms with Crippen molar-refractivity contribution in [3.63, 3.8) is 0 Å². The highest BCUT2D eigenvalue weighted by atomic mass is 19.4. The lowest BCUT2D eigenvalue weighted by Crippen LogP contribution is -2.52. The van der Waals surface area contributed by atoms with Gasteiger partial charge in [0.05, 0.1) is 17.0 Å². The molecule has 0 aromatic heterocycles. The summed E-state index contributed by atoms with van der Waals surface area (Å²) in [5, 5.41) is 2.15. The summed E-state index contributed by atoms with van der Waals surface area (Å²) in [6.07, 6.45) is -9.32. The molecule has 2 aromatic rings. The van der Waals surface area contributed by atoms with Gasteiger partial charge in [-0.2, -0.15) is 26.3 Å². The van der Waals surface area contributed by atoms with Crippen LogP contribution in [0.25, 0.3) is 0 Å². The van der Waals surface area contributed by atoms with Gasteiger partial charge in [0.1, 0.15) is 5.82 Å². The van der Waals surface area contributed by atoms with Gasteiger partial charge in [0.15, 0.2) is 0 Å². The Bertz CT molecular complexity index is 1470. The van der Waals surface area contributed by atoms with Gasteiger partial charge in [-0.15, -0.1) is 0 Å². The molecular formula is C31H30F7N3O4. The van der Waals surface area contributed by atoms with Gasteiger partial charge in [-0.25, -0.2) is 4.39 Å². The fourth-order valence-corrected chi connectivity index (χ4v) is 6.32. The molecule has 2 unspecified atom stereocenters. The fourth-order valence-electron chi connectivity index (χ4n) is 6.32. The number of amides is 4. The number of likely N-dealkylation sites (tertiary alicyclic amines) is 1. The third-order valence-electron chi connectivity index (χ3n) is 8.64. The van der Waals surface area contributed by atoms with Crippen LogP contribution in [0.4, 0.5) is 30.7 Å². The first kappa shape index (κ1) is 32.4. The van der Waals surface area contributed by atoms with E-state index in [1.54, 1.807) is 6.92 Å². The molecule has 242 valence electrons. The van der Waals surface area contributed by atoms with Crippen LogP contribution in [0, 0.1) is 24.6 Å². The highest BCUT2D eigenvalue weighted by Gasteiger charge is 2.45. The minimum absolute atomic E-state index is 0.0195. The molecule has 2 saturated heterocycles. The predicted octanol–water partition coefficient (Wildman–Crippen LogP) is 5.35. The van der Waals surface area contributed by atoms with Crippen molar-refractivity contribution >= 4 is 23.6 Å². The lowest BCUT2D eigenvalue weighted by molar-refractivity contribution is -0.148. The molecule has 45 heavy (non-hydrogen) atoms. The number of carbonyl (C=O) groups excluding carboxylic acids is 4. The van der Waals surface area contributed by atoms with E-state index in [1.165, 1.54) is 28.0 Å². The normalized spacial score (nSPS) is 21.5. The number of imide groups is 1. The van der Waals surface area contributed by atoms with E-state index in [0.29, 0.717) is 36.1 Å². The van der Waals surface area contributed by atoms with Crippen molar-refractivity contribution in [2.24, 2.45) is 11.8 Å². The zero-order valence-electron chi connectivity index (χ0n) is 24.1. The monoisotopic (exact) mass is 641 g/mol. The molecular weight excluding hydrogens is 611 g/mol. The van der Waals surface area contributed by atoms with Gasteiger partial charge in [-0.1, -0.05) is 6.07 Å². The quantitative estimate of drug-likeness (QED) is 0.341. The summed E-state index contributed by atoms with van der Waals surface area (Å²) >= 11 is 0. The number of rotatable bonds is 6.